The van der Waals surface area contributed by atoms with E-state index in [4.69, 9.17) is 4.74 Å². The SMILES string of the molecule is CS(=O)(=O)c1cccc(NC2CCCC3OCCC23)c1[N+](=O)[O-]. The molecule has 0 radical (unpaired) electrons. The lowest BCUT2D eigenvalue weighted by Gasteiger charge is -2.33. The summed E-state index contributed by atoms with van der Waals surface area (Å²) in [4.78, 5) is 10.6. The van der Waals surface area contributed by atoms with Crippen LogP contribution in [0.15, 0.2) is 23.1 Å². The Morgan fingerprint density at radius 2 is 2.09 bits per heavy atom. The van der Waals surface area contributed by atoms with Gasteiger partial charge < -0.3 is 10.1 Å². The van der Waals surface area contributed by atoms with Gasteiger partial charge in [-0.15, -0.1) is 0 Å². The van der Waals surface area contributed by atoms with Gasteiger partial charge in [0.2, 0.25) is 0 Å². The van der Waals surface area contributed by atoms with Gasteiger partial charge >= 0.3 is 5.69 Å². The van der Waals surface area contributed by atoms with Crippen molar-refractivity contribution in [2.24, 2.45) is 5.92 Å². The van der Waals surface area contributed by atoms with Gasteiger partial charge in [0, 0.05) is 24.8 Å². The maximum atomic E-state index is 11.8. The summed E-state index contributed by atoms with van der Waals surface area (Å²) in [5, 5.41) is 14.7. The van der Waals surface area contributed by atoms with E-state index in [0.29, 0.717) is 5.92 Å². The van der Waals surface area contributed by atoms with Crippen molar-refractivity contribution in [1.82, 2.24) is 0 Å². The third kappa shape index (κ3) is 3.18. The van der Waals surface area contributed by atoms with Crippen LogP contribution in [0.25, 0.3) is 0 Å². The maximum Gasteiger partial charge on any atom is 0.310 e. The predicted molar refractivity (Wildman–Crippen MR) is 85.3 cm³/mol. The van der Waals surface area contributed by atoms with E-state index in [0.717, 1.165) is 38.5 Å². The standard InChI is InChI=1S/C15H20N2O5S/c1-23(20,21)14-7-3-5-12(15(14)17(18)19)16-11-4-2-6-13-10(11)8-9-22-13/h3,5,7,10-11,13,16H,2,4,6,8-9H2,1H3. The number of hydrogen-bond acceptors (Lipinski definition) is 6. The lowest BCUT2D eigenvalue weighted by Crippen LogP contribution is -2.38. The molecule has 2 aliphatic rings. The first kappa shape index (κ1) is 16.2. The highest BCUT2D eigenvalue weighted by molar-refractivity contribution is 7.90. The minimum Gasteiger partial charge on any atom is -0.378 e. The van der Waals surface area contributed by atoms with Gasteiger partial charge in [-0.3, -0.25) is 10.1 Å². The van der Waals surface area contributed by atoms with Crippen LogP contribution >= 0.6 is 0 Å². The van der Waals surface area contributed by atoms with Crippen LogP contribution in [-0.2, 0) is 14.6 Å². The van der Waals surface area contributed by atoms with Gasteiger partial charge in [-0.1, -0.05) is 6.07 Å². The molecule has 1 aromatic carbocycles. The second-order valence-corrected chi connectivity index (χ2v) is 8.21. The van der Waals surface area contributed by atoms with E-state index >= 15 is 0 Å². The number of ether oxygens (including phenoxy) is 1. The zero-order valence-corrected chi connectivity index (χ0v) is 13.7. The Morgan fingerprint density at radius 3 is 2.78 bits per heavy atom. The molecule has 1 aromatic rings. The molecule has 126 valence electrons. The van der Waals surface area contributed by atoms with E-state index in [9.17, 15) is 18.5 Å². The van der Waals surface area contributed by atoms with Crippen LogP contribution in [-0.4, -0.2) is 38.3 Å². The number of fused-ring (bicyclic) bond motifs is 1. The molecule has 2 fully saturated rings. The summed E-state index contributed by atoms with van der Waals surface area (Å²) in [6, 6.07) is 4.47. The molecule has 3 rings (SSSR count). The van der Waals surface area contributed by atoms with E-state index in [-0.39, 0.29) is 28.4 Å². The summed E-state index contributed by atoms with van der Waals surface area (Å²) in [6.45, 7) is 0.721. The van der Waals surface area contributed by atoms with Crippen molar-refractivity contribution < 1.29 is 18.1 Å². The van der Waals surface area contributed by atoms with Gasteiger partial charge in [0.25, 0.3) is 0 Å². The number of hydrogen-bond donors (Lipinski definition) is 1. The van der Waals surface area contributed by atoms with Crippen molar-refractivity contribution in [2.75, 3.05) is 18.2 Å². The van der Waals surface area contributed by atoms with Crippen LogP contribution in [0.1, 0.15) is 25.7 Å². The van der Waals surface area contributed by atoms with Crippen molar-refractivity contribution in [1.29, 1.82) is 0 Å². The molecule has 0 amide bonds. The summed E-state index contributed by atoms with van der Waals surface area (Å²) in [5.74, 6) is 0.324. The van der Waals surface area contributed by atoms with Crippen LogP contribution in [0.5, 0.6) is 0 Å². The molecule has 0 spiro atoms. The fourth-order valence-electron chi connectivity index (χ4n) is 3.68. The Hall–Kier alpha value is -1.67. The van der Waals surface area contributed by atoms with Gasteiger partial charge in [-0.2, -0.15) is 0 Å². The largest absolute Gasteiger partial charge is 0.378 e. The lowest BCUT2D eigenvalue weighted by atomic mass is 9.81. The molecule has 3 unspecified atom stereocenters. The lowest BCUT2D eigenvalue weighted by molar-refractivity contribution is -0.386. The average molecular weight is 340 g/mol. The number of rotatable bonds is 4. The number of benzene rings is 1. The first-order valence-electron chi connectivity index (χ1n) is 7.73. The fourth-order valence-corrected chi connectivity index (χ4v) is 4.54. The van der Waals surface area contributed by atoms with E-state index in [2.05, 4.69) is 5.32 Å². The first-order valence-corrected chi connectivity index (χ1v) is 9.62. The van der Waals surface area contributed by atoms with Crippen LogP contribution in [0.3, 0.4) is 0 Å². The summed E-state index contributed by atoms with van der Waals surface area (Å²) >= 11 is 0. The van der Waals surface area contributed by atoms with Crippen molar-refractivity contribution >= 4 is 21.2 Å². The molecule has 1 heterocycles. The number of anilines is 1. The molecular weight excluding hydrogens is 320 g/mol. The maximum absolute atomic E-state index is 11.8. The number of para-hydroxylation sites is 1. The molecule has 3 atom stereocenters. The number of nitro benzene ring substituents is 1. The first-order chi connectivity index (χ1) is 10.9. The molecule has 1 N–H and O–H groups in total. The smallest absolute Gasteiger partial charge is 0.310 e. The Labute approximate surface area is 135 Å². The van der Waals surface area contributed by atoms with Gasteiger partial charge in [0.05, 0.1) is 11.0 Å². The summed E-state index contributed by atoms with van der Waals surface area (Å²) in [5.41, 5.74) is -0.0912. The van der Waals surface area contributed by atoms with Crippen molar-refractivity contribution in [3.8, 4) is 0 Å². The average Bonchev–Trinajstić information content (AvgIpc) is 2.95. The van der Waals surface area contributed by atoms with Crippen LogP contribution in [0.4, 0.5) is 11.4 Å². The van der Waals surface area contributed by atoms with Crippen LogP contribution in [0, 0.1) is 16.0 Å². The Balaban J connectivity index is 1.95. The van der Waals surface area contributed by atoms with E-state index < -0.39 is 14.8 Å². The van der Waals surface area contributed by atoms with E-state index in [1.807, 2.05) is 0 Å². The Kier molecular flexibility index (Phi) is 4.29. The Bertz CT molecular complexity index is 719. The van der Waals surface area contributed by atoms with E-state index in [1.165, 1.54) is 12.1 Å². The topological polar surface area (TPSA) is 98.5 Å². The van der Waals surface area contributed by atoms with Crippen molar-refractivity contribution in [3.05, 3.63) is 28.3 Å². The Morgan fingerprint density at radius 1 is 1.30 bits per heavy atom. The zero-order chi connectivity index (χ0) is 16.6. The zero-order valence-electron chi connectivity index (χ0n) is 12.9. The molecule has 23 heavy (non-hydrogen) atoms. The third-order valence-electron chi connectivity index (χ3n) is 4.70. The number of nitrogens with zero attached hydrogens (tertiary/aromatic N) is 1. The molecule has 8 heteroatoms. The molecule has 0 bridgehead atoms. The molecule has 1 saturated heterocycles. The monoisotopic (exact) mass is 340 g/mol. The minimum absolute atomic E-state index is 0.0739. The van der Waals surface area contributed by atoms with Gasteiger partial charge in [-0.25, -0.2) is 8.42 Å². The molecule has 1 saturated carbocycles. The minimum atomic E-state index is -3.67. The fraction of sp³-hybridized carbons (Fsp3) is 0.600. The van der Waals surface area contributed by atoms with Crippen molar-refractivity contribution in [2.45, 2.75) is 42.7 Å². The molecule has 1 aliphatic heterocycles. The quantitative estimate of drug-likeness (QED) is 0.667. The highest BCUT2D eigenvalue weighted by Gasteiger charge is 2.38. The van der Waals surface area contributed by atoms with Crippen LogP contribution in [0.2, 0.25) is 0 Å². The second kappa shape index (κ2) is 6.09. The second-order valence-electron chi connectivity index (χ2n) is 6.23. The van der Waals surface area contributed by atoms with Gasteiger partial charge in [-0.05, 0) is 37.8 Å². The highest BCUT2D eigenvalue weighted by Crippen LogP contribution is 2.39. The molecule has 0 aromatic heterocycles. The van der Waals surface area contributed by atoms with Crippen LogP contribution < -0.4 is 5.32 Å². The van der Waals surface area contributed by atoms with Gasteiger partial charge in [0.15, 0.2) is 9.84 Å². The third-order valence-corrected chi connectivity index (χ3v) is 5.83. The molecule has 7 nitrogen and oxygen atoms in total. The summed E-state index contributed by atoms with van der Waals surface area (Å²) < 4.78 is 29.4. The molecule has 1 aliphatic carbocycles. The summed E-state index contributed by atoms with van der Waals surface area (Å²) in [6.07, 6.45) is 5.05. The predicted octanol–water partition coefficient (Wildman–Crippen LogP) is 2.37. The normalized spacial score (nSPS) is 27.4. The highest BCUT2D eigenvalue weighted by atomic mass is 32.2. The summed E-state index contributed by atoms with van der Waals surface area (Å²) in [7, 11) is -3.67. The van der Waals surface area contributed by atoms with E-state index in [1.54, 1.807) is 6.07 Å². The van der Waals surface area contributed by atoms with Crippen molar-refractivity contribution in [3.63, 3.8) is 0 Å². The number of sulfone groups is 1. The molecular formula is C15H20N2O5S. The number of nitrogens with one attached hydrogen (secondary N) is 1. The van der Waals surface area contributed by atoms with Gasteiger partial charge in [0.1, 0.15) is 10.6 Å². The number of nitro groups is 1.